The van der Waals surface area contributed by atoms with Gasteiger partial charge in [0, 0.05) is 9.50 Å². The summed E-state index contributed by atoms with van der Waals surface area (Å²) in [6.45, 7) is 0.362. The molecule has 0 spiro atoms. The summed E-state index contributed by atoms with van der Waals surface area (Å²) in [5.74, 6) is 0.145. The number of rotatable bonds is 5. The molecule has 0 radical (unpaired) electrons. The van der Waals surface area contributed by atoms with E-state index in [9.17, 15) is 4.79 Å². The van der Waals surface area contributed by atoms with Gasteiger partial charge in [0.25, 0.3) is 5.91 Å². The van der Waals surface area contributed by atoms with E-state index in [4.69, 9.17) is 27.9 Å². The maximum Gasteiger partial charge on any atom is 0.259 e. The van der Waals surface area contributed by atoms with E-state index < -0.39 is 0 Å². The van der Waals surface area contributed by atoms with Crippen LogP contribution in [0.15, 0.2) is 71.2 Å². The number of nitrogens with one attached hydrogen (secondary N) is 1. The topological polar surface area (TPSA) is 38.3 Å². The summed E-state index contributed by atoms with van der Waals surface area (Å²) in [6, 6.07) is 19.9. The molecule has 1 amide bonds. The van der Waals surface area contributed by atoms with Crippen LogP contribution in [0.5, 0.6) is 5.75 Å². The van der Waals surface area contributed by atoms with Crippen LogP contribution in [0.4, 0.5) is 5.69 Å². The van der Waals surface area contributed by atoms with Crippen molar-refractivity contribution >= 4 is 50.7 Å². The highest BCUT2D eigenvalue weighted by molar-refractivity contribution is 9.10. The van der Waals surface area contributed by atoms with E-state index >= 15 is 0 Å². The normalized spacial score (nSPS) is 10.4. The van der Waals surface area contributed by atoms with Gasteiger partial charge in [-0.15, -0.1) is 0 Å². The van der Waals surface area contributed by atoms with E-state index in [1.165, 1.54) is 0 Å². The van der Waals surface area contributed by atoms with Crippen molar-refractivity contribution in [2.24, 2.45) is 0 Å². The summed E-state index contributed by atoms with van der Waals surface area (Å²) in [4.78, 5) is 12.7. The highest BCUT2D eigenvalue weighted by Gasteiger charge is 2.15. The quantitative estimate of drug-likeness (QED) is 0.476. The molecule has 0 aliphatic rings. The monoisotopic (exact) mass is 449 g/mol. The molecule has 0 aliphatic heterocycles. The molecule has 3 rings (SSSR count). The van der Waals surface area contributed by atoms with Crippen molar-refractivity contribution in [2.45, 2.75) is 6.61 Å². The van der Waals surface area contributed by atoms with Crippen LogP contribution in [0.25, 0.3) is 0 Å². The Hall–Kier alpha value is -2.01. The molecule has 132 valence electrons. The van der Waals surface area contributed by atoms with Crippen molar-refractivity contribution in [2.75, 3.05) is 5.32 Å². The lowest BCUT2D eigenvalue weighted by Crippen LogP contribution is -2.14. The summed E-state index contributed by atoms with van der Waals surface area (Å²) >= 11 is 15.5. The van der Waals surface area contributed by atoms with Gasteiger partial charge in [0.15, 0.2) is 0 Å². The Morgan fingerprint density at radius 3 is 2.54 bits per heavy atom. The third-order valence-corrected chi connectivity index (χ3v) is 4.66. The van der Waals surface area contributed by atoms with Gasteiger partial charge in [-0.05, 0) is 42.0 Å². The molecule has 0 heterocycles. The lowest BCUT2D eigenvalue weighted by atomic mass is 10.1. The van der Waals surface area contributed by atoms with E-state index in [-0.39, 0.29) is 5.91 Å². The lowest BCUT2D eigenvalue weighted by Gasteiger charge is -2.13. The average molecular weight is 451 g/mol. The Labute approximate surface area is 170 Å². The number of anilines is 1. The smallest absolute Gasteiger partial charge is 0.259 e. The summed E-state index contributed by atoms with van der Waals surface area (Å²) in [7, 11) is 0. The molecule has 3 aromatic carbocycles. The van der Waals surface area contributed by atoms with Crippen molar-refractivity contribution in [3.63, 3.8) is 0 Å². The standard InChI is InChI=1S/C20H14BrCl2NO2/c21-14-6-9-19(26-12-13-4-2-1-3-5-13)16(10-14)20(25)24-18-11-15(22)7-8-17(18)23/h1-11H,12H2,(H,24,25). The van der Waals surface area contributed by atoms with E-state index in [0.29, 0.717) is 33.7 Å². The van der Waals surface area contributed by atoms with Crippen LogP contribution in [0.2, 0.25) is 10.0 Å². The number of benzene rings is 3. The van der Waals surface area contributed by atoms with Crippen molar-refractivity contribution in [1.29, 1.82) is 0 Å². The van der Waals surface area contributed by atoms with Gasteiger partial charge in [0.2, 0.25) is 0 Å². The summed E-state index contributed by atoms with van der Waals surface area (Å²) < 4.78 is 6.62. The molecule has 3 aromatic rings. The van der Waals surface area contributed by atoms with Crippen LogP contribution in [0.3, 0.4) is 0 Å². The Kier molecular flexibility index (Phi) is 6.20. The minimum atomic E-state index is -0.335. The van der Waals surface area contributed by atoms with Crippen molar-refractivity contribution in [3.05, 3.63) is 92.4 Å². The average Bonchev–Trinajstić information content (AvgIpc) is 2.64. The highest BCUT2D eigenvalue weighted by atomic mass is 79.9. The summed E-state index contributed by atoms with van der Waals surface area (Å²) in [5, 5.41) is 3.67. The predicted molar refractivity (Wildman–Crippen MR) is 109 cm³/mol. The molecule has 0 unspecified atom stereocenters. The lowest BCUT2D eigenvalue weighted by molar-refractivity contribution is 0.102. The van der Waals surface area contributed by atoms with Crippen LogP contribution >= 0.6 is 39.1 Å². The van der Waals surface area contributed by atoms with E-state index in [0.717, 1.165) is 10.0 Å². The van der Waals surface area contributed by atoms with E-state index in [1.54, 1.807) is 30.3 Å². The number of carbonyl (C=O) groups is 1. The van der Waals surface area contributed by atoms with Crippen molar-refractivity contribution in [1.82, 2.24) is 0 Å². The number of amides is 1. The van der Waals surface area contributed by atoms with Crippen molar-refractivity contribution < 1.29 is 9.53 Å². The predicted octanol–water partition coefficient (Wildman–Crippen LogP) is 6.59. The second-order valence-corrected chi connectivity index (χ2v) is 7.25. The molecular formula is C20H14BrCl2NO2. The number of hydrogen-bond donors (Lipinski definition) is 1. The van der Waals surface area contributed by atoms with Crippen LogP contribution < -0.4 is 10.1 Å². The van der Waals surface area contributed by atoms with Gasteiger partial charge in [0.05, 0.1) is 16.3 Å². The second kappa shape index (κ2) is 8.58. The third kappa shape index (κ3) is 4.79. The minimum absolute atomic E-state index is 0.335. The molecule has 0 saturated heterocycles. The Morgan fingerprint density at radius 2 is 1.77 bits per heavy atom. The molecule has 0 atom stereocenters. The number of carbonyl (C=O) groups excluding carboxylic acids is 1. The summed E-state index contributed by atoms with van der Waals surface area (Å²) in [6.07, 6.45) is 0. The molecule has 6 heteroatoms. The van der Waals surface area contributed by atoms with Gasteiger partial charge in [0.1, 0.15) is 12.4 Å². The van der Waals surface area contributed by atoms with Crippen molar-refractivity contribution in [3.8, 4) is 5.75 Å². The molecule has 3 nitrogen and oxygen atoms in total. The number of ether oxygens (including phenoxy) is 1. The van der Waals surface area contributed by atoms with Crippen LogP contribution in [-0.4, -0.2) is 5.91 Å². The first-order valence-electron chi connectivity index (χ1n) is 7.75. The zero-order chi connectivity index (χ0) is 18.5. The first-order chi connectivity index (χ1) is 12.5. The Balaban J connectivity index is 1.82. The molecule has 26 heavy (non-hydrogen) atoms. The first-order valence-corrected chi connectivity index (χ1v) is 9.30. The molecule has 0 bridgehead atoms. The van der Waals surface area contributed by atoms with Gasteiger partial charge in [-0.25, -0.2) is 0 Å². The van der Waals surface area contributed by atoms with Crippen LogP contribution in [0, 0.1) is 0 Å². The molecule has 0 saturated carbocycles. The van der Waals surface area contributed by atoms with Gasteiger partial charge in [-0.2, -0.15) is 0 Å². The molecule has 0 fully saturated rings. The molecule has 1 N–H and O–H groups in total. The zero-order valence-corrected chi connectivity index (χ0v) is 16.6. The molecule has 0 aliphatic carbocycles. The fourth-order valence-electron chi connectivity index (χ4n) is 2.32. The number of hydrogen-bond acceptors (Lipinski definition) is 2. The maximum absolute atomic E-state index is 12.7. The molecular weight excluding hydrogens is 437 g/mol. The fourth-order valence-corrected chi connectivity index (χ4v) is 3.02. The molecule has 0 aromatic heterocycles. The van der Waals surface area contributed by atoms with E-state index in [2.05, 4.69) is 21.2 Å². The van der Waals surface area contributed by atoms with Crippen LogP contribution in [-0.2, 0) is 6.61 Å². The Bertz CT molecular complexity index is 932. The van der Waals surface area contributed by atoms with E-state index in [1.807, 2.05) is 36.4 Å². The highest BCUT2D eigenvalue weighted by Crippen LogP contribution is 2.29. The number of halogens is 3. The van der Waals surface area contributed by atoms with Gasteiger partial charge in [-0.1, -0.05) is 69.5 Å². The third-order valence-electron chi connectivity index (χ3n) is 3.60. The SMILES string of the molecule is O=C(Nc1cc(Cl)ccc1Cl)c1cc(Br)ccc1OCc1ccccc1. The first kappa shape index (κ1) is 18.8. The van der Waals surface area contributed by atoms with Gasteiger partial charge >= 0.3 is 0 Å². The Morgan fingerprint density at radius 1 is 1.00 bits per heavy atom. The second-order valence-electron chi connectivity index (χ2n) is 5.49. The maximum atomic E-state index is 12.7. The summed E-state index contributed by atoms with van der Waals surface area (Å²) in [5.41, 5.74) is 1.85. The minimum Gasteiger partial charge on any atom is -0.488 e. The van der Waals surface area contributed by atoms with Gasteiger partial charge in [-0.3, -0.25) is 4.79 Å². The van der Waals surface area contributed by atoms with Crippen LogP contribution in [0.1, 0.15) is 15.9 Å². The largest absolute Gasteiger partial charge is 0.488 e. The zero-order valence-electron chi connectivity index (χ0n) is 13.5. The van der Waals surface area contributed by atoms with Gasteiger partial charge < -0.3 is 10.1 Å². The fraction of sp³-hybridized carbons (Fsp3) is 0.0500.